The van der Waals surface area contributed by atoms with Gasteiger partial charge >= 0.3 is 0 Å². The molecule has 1 aromatic rings. The van der Waals surface area contributed by atoms with Crippen LogP contribution in [-0.4, -0.2) is 73.1 Å². The highest BCUT2D eigenvalue weighted by molar-refractivity contribution is 6.00. The third-order valence-corrected chi connectivity index (χ3v) is 6.57. The molecule has 0 spiro atoms. The molecule has 0 radical (unpaired) electrons. The third-order valence-electron chi connectivity index (χ3n) is 6.57. The maximum absolute atomic E-state index is 13.5. The second-order valence-electron chi connectivity index (χ2n) is 9.28. The predicted molar refractivity (Wildman–Crippen MR) is 113 cm³/mol. The summed E-state index contributed by atoms with van der Waals surface area (Å²) in [7, 11) is 0. The van der Waals surface area contributed by atoms with Crippen molar-refractivity contribution < 1.29 is 23.1 Å². The first-order valence-corrected chi connectivity index (χ1v) is 11.2. The molecular formula is C23H31F2N3O3. The SMILES string of the molecule is CC1CN(CC2CCN(C(=O)C3CC(=O)N(c4cc(F)cc(F)c4)C3)CC2)CC(C)O1. The number of hydrogen-bond donors (Lipinski definition) is 0. The summed E-state index contributed by atoms with van der Waals surface area (Å²) in [6.07, 6.45) is 2.48. The first-order valence-electron chi connectivity index (χ1n) is 11.2. The fraction of sp³-hybridized carbons (Fsp3) is 0.652. The first kappa shape index (κ1) is 22.1. The minimum Gasteiger partial charge on any atom is -0.373 e. The largest absolute Gasteiger partial charge is 0.373 e. The zero-order valence-electron chi connectivity index (χ0n) is 18.2. The number of nitrogens with zero attached hydrogens (tertiary/aromatic N) is 3. The Hall–Kier alpha value is -2.06. The van der Waals surface area contributed by atoms with Crippen molar-refractivity contribution in [3.05, 3.63) is 29.8 Å². The molecule has 170 valence electrons. The monoisotopic (exact) mass is 435 g/mol. The Morgan fingerprint density at radius 3 is 2.26 bits per heavy atom. The number of benzene rings is 1. The van der Waals surface area contributed by atoms with Crippen LogP contribution in [0.2, 0.25) is 0 Å². The van der Waals surface area contributed by atoms with Crippen molar-refractivity contribution >= 4 is 17.5 Å². The minimum atomic E-state index is -0.733. The summed E-state index contributed by atoms with van der Waals surface area (Å²) < 4.78 is 32.9. The van der Waals surface area contributed by atoms with E-state index in [9.17, 15) is 18.4 Å². The number of amides is 2. The van der Waals surface area contributed by atoms with Gasteiger partial charge in [-0.3, -0.25) is 14.5 Å². The zero-order valence-corrected chi connectivity index (χ0v) is 18.2. The van der Waals surface area contributed by atoms with Crippen LogP contribution in [0.1, 0.15) is 33.1 Å². The average molecular weight is 436 g/mol. The molecule has 3 atom stereocenters. The molecule has 8 heteroatoms. The van der Waals surface area contributed by atoms with Crippen LogP contribution in [0.15, 0.2) is 18.2 Å². The normalized spacial score (nSPS) is 28.4. The highest BCUT2D eigenvalue weighted by Crippen LogP contribution is 2.29. The van der Waals surface area contributed by atoms with Crippen molar-refractivity contribution in [3.8, 4) is 0 Å². The number of rotatable bonds is 4. The Morgan fingerprint density at radius 2 is 1.65 bits per heavy atom. The highest BCUT2D eigenvalue weighted by atomic mass is 19.1. The number of carbonyl (C=O) groups excluding carboxylic acids is 2. The summed E-state index contributed by atoms with van der Waals surface area (Å²) in [5.41, 5.74) is 0.172. The van der Waals surface area contributed by atoms with Gasteiger partial charge in [-0.15, -0.1) is 0 Å². The molecule has 0 aliphatic carbocycles. The van der Waals surface area contributed by atoms with Crippen LogP contribution in [0.25, 0.3) is 0 Å². The molecule has 31 heavy (non-hydrogen) atoms. The van der Waals surface area contributed by atoms with Crippen molar-refractivity contribution in [1.82, 2.24) is 9.80 Å². The Morgan fingerprint density at radius 1 is 1.03 bits per heavy atom. The van der Waals surface area contributed by atoms with Crippen molar-refractivity contribution in [2.24, 2.45) is 11.8 Å². The summed E-state index contributed by atoms with van der Waals surface area (Å²) in [6, 6.07) is 3.04. The van der Waals surface area contributed by atoms with E-state index < -0.39 is 17.6 Å². The topological polar surface area (TPSA) is 53.1 Å². The number of morpholine rings is 1. The highest BCUT2D eigenvalue weighted by Gasteiger charge is 2.38. The lowest BCUT2D eigenvalue weighted by atomic mass is 9.94. The summed E-state index contributed by atoms with van der Waals surface area (Å²) >= 11 is 0. The lowest BCUT2D eigenvalue weighted by Crippen LogP contribution is -2.49. The van der Waals surface area contributed by atoms with Crippen LogP contribution in [0.3, 0.4) is 0 Å². The number of piperidine rings is 1. The van der Waals surface area contributed by atoms with E-state index >= 15 is 0 Å². The number of likely N-dealkylation sites (tertiary alicyclic amines) is 1. The molecule has 0 bridgehead atoms. The maximum atomic E-state index is 13.5. The number of anilines is 1. The van der Waals surface area contributed by atoms with Crippen molar-refractivity contribution in [2.75, 3.05) is 44.2 Å². The third kappa shape index (κ3) is 5.23. The summed E-state index contributed by atoms with van der Waals surface area (Å²) in [5, 5.41) is 0. The molecule has 0 N–H and O–H groups in total. The van der Waals surface area contributed by atoms with E-state index in [1.54, 1.807) is 0 Å². The quantitative estimate of drug-likeness (QED) is 0.730. The number of carbonyl (C=O) groups is 2. The maximum Gasteiger partial charge on any atom is 0.228 e. The van der Waals surface area contributed by atoms with Gasteiger partial charge in [0, 0.05) is 57.4 Å². The predicted octanol–water partition coefficient (Wildman–Crippen LogP) is 2.67. The number of hydrogen-bond acceptors (Lipinski definition) is 4. The van der Waals surface area contributed by atoms with Crippen LogP contribution in [0.4, 0.5) is 14.5 Å². The van der Waals surface area contributed by atoms with Crippen molar-refractivity contribution in [3.63, 3.8) is 0 Å². The van der Waals surface area contributed by atoms with E-state index in [1.165, 1.54) is 4.90 Å². The molecule has 2 amide bonds. The van der Waals surface area contributed by atoms with Gasteiger partial charge in [-0.1, -0.05) is 0 Å². The smallest absolute Gasteiger partial charge is 0.228 e. The molecule has 3 saturated heterocycles. The van der Waals surface area contributed by atoms with Crippen LogP contribution in [0, 0.1) is 23.5 Å². The van der Waals surface area contributed by atoms with Gasteiger partial charge in [0.05, 0.1) is 18.1 Å². The minimum absolute atomic E-state index is 0.0280. The molecule has 3 aliphatic heterocycles. The Balaban J connectivity index is 1.29. The van der Waals surface area contributed by atoms with Gasteiger partial charge in [-0.05, 0) is 44.7 Å². The van der Waals surface area contributed by atoms with Gasteiger partial charge in [0.25, 0.3) is 0 Å². The molecule has 0 saturated carbocycles. The molecule has 3 unspecified atom stereocenters. The molecule has 3 aliphatic rings. The van der Waals surface area contributed by atoms with Crippen molar-refractivity contribution in [2.45, 2.75) is 45.3 Å². The van der Waals surface area contributed by atoms with Gasteiger partial charge in [-0.2, -0.15) is 0 Å². The van der Waals surface area contributed by atoms with Crippen LogP contribution in [-0.2, 0) is 14.3 Å². The Labute approximate surface area is 182 Å². The fourth-order valence-corrected chi connectivity index (χ4v) is 5.21. The van der Waals surface area contributed by atoms with Crippen LogP contribution < -0.4 is 4.90 Å². The van der Waals surface area contributed by atoms with Crippen molar-refractivity contribution in [1.29, 1.82) is 0 Å². The summed E-state index contributed by atoms with van der Waals surface area (Å²) in [6.45, 7) is 8.69. The fourth-order valence-electron chi connectivity index (χ4n) is 5.21. The molecule has 1 aromatic carbocycles. The second-order valence-corrected chi connectivity index (χ2v) is 9.28. The first-order chi connectivity index (χ1) is 14.8. The summed E-state index contributed by atoms with van der Waals surface area (Å²) in [5.74, 6) is -1.67. The zero-order chi connectivity index (χ0) is 22.1. The molecule has 6 nitrogen and oxygen atoms in total. The molecule has 3 fully saturated rings. The number of ether oxygens (including phenoxy) is 1. The lowest BCUT2D eigenvalue weighted by molar-refractivity contribution is -0.137. The van der Waals surface area contributed by atoms with E-state index in [2.05, 4.69) is 18.7 Å². The average Bonchev–Trinajstić information content (AvgIpc) is 3.08. The van der Waals surface area contributed by atoms with E-state index in [0.717, 1.165) is 50.7 Å². The van der Waals surface area contributed by atoms with E-state index in [1.807, 2.05) is 4.90 Å². The van der Waals surface area contributed by atoms with Gasteiger partial charge in [0.2, 0.25) is 11.8 Å². The second kappa shape index (κ2) is 9.20. The van der Waals surface area contributed by atoms with Gasteiger partial charge in [0.15, 0.2) is 0 Å². The Bertz CT molecular complexity index is 798. The van der Waals surface area contributed by atoms with Gasteiger partial charge in [-0.25, -0.2) is 8.78 Å². The standard InChI is InChI=1S/C23H31F2N3O3/c1-15-11-26(12-16(2)31-15)13-17-3-5-27(6-4-17)23(30)18-7-22(29)28(14-18)21-9-19(24)8-20(25)10-21/h8-10,15-18H,3-7,11-14H2,1-2H3. The Kier molecular flexibility index (Phi) is 6.57. The molecular weight excluding hydrogens is 404 g/mol. The van der Waals surface area contributed by atoms with Crippen LogP contribution in [0.5, 0.6) is 0 Å². The van der Waals surface area contributed by atoms with Crippen LogP contribution >= 0.6 is 0 Å². The lowest BCUT2D eigenvalue weighted by Gasteiger charge is -2.39. The number of halogens is 2. The molecule has 4 rings (SSSR count). The van der Waals surface area contributed by atoms with Gasteiger partial charge in [0.1, 0.15) is 11.6 Å². The molecule has 0 aromatic heterocycles. The molecule has 3 heterocycles. The van der Waals surface area contributed by atoms with E-state index in [4.69, 9.17) is 4.74 Å². The van der Waals surface area contributed by atoms with E-state index in [0.29, 0.717) is 19.0 Å². The van der Waals surface area contributed by atoms with Gasteiger partial charge < -0.3 is 14.5 Å². The summed E-state index contributed by atoms with van der Waals surface area (Å²) in [4.78, 5) is 31.1. The van der Waals surface area contributed by atoms with E-state index in [-0.39, 0.29) is 42.7 Å².